The molecule has 0 aliphatic heterocycles. The van der Waals surface area contributed by atoms with Crippen LogP contribution in [0.1, 0.15) is 27.2 Å². The molecular weight excluding hydrogens is 256 g/mol. The van der Waals surface area contributed by atoms with Crippen LogP contribution in [0, 0.1) is 0 Å². The zero-order chi connectivity index (χ0) is 14.8. The molecule has 5 heteroatoms. The highest BCUT2D eigenvalue weighted by Crippen LogP contribution is 2.15. The topological polar surface area (TPSA) is 52.6 Å². The number of nitrogens with one attached hydrogen (secondary N) is 1. The Bertz CT molecular complexity index is 378. The van der Waals surface area contributed by atoms with E-state index in [1.807, 2.05) is 18.2 Å². The summed E-state index contributed by atoms with van der Waals surface area (Å²) in [5, 5.41) is 3.32. The first-order valence-electron chi connectivity index (χ1n) is 6.96. The van der Waals surface area contributed by atoms with Crippen LogP contribution < -0.4 is 10.1 Å². The van der Waals surface area contributed by atoms with E-state index in [0.29, 0.717) is 32.3 Å². The van der Waals surface area contributed by atoms with Crippen LogP contribution in [0.2, 0.25) is 0 Å². The minimum absolute atomic E-state index is 0.0131. The molecule has 0 atom stereocenters. The number of ether oxygens (including phenoxy) is 3. The molecule has 1 rings (SSSR count). The van der Waals surface area contributed by atoms with Crippen molar-refractivity contribution in [1.29, 1.82) is 0 Å². The van der Waals surface area contributed by atoms with Gasteiger partial charge in [0, 0.05) is 31.7 Å². The largest absolute Gasteiger partial charge is 0.478 e. The van der Waals surface area contributed by atoms with E-state index in [9.17, 15) is 0 Å². The zero-order valence-electron chi connectivity index (χ0n) is 12.9. The van der Waals surface area contributed by atoms with Crippen LogP contribution >= 0.6 is 0 Å². The molecule has 0 fully saturated rings. The van der Waals surface area contributed by atoms with Crippen LogP contribution in [0.3, 0.4) is 0 Å². The summed E-state index contributed by atoms with van der Waals surface area (Å²) >= 11 is 0. The minimum atomic E-state index is -0.0131. The van der Waals surface area contributed by atoms with Gasteiger partial charge < -0.3 is 19.5 Å². The van der Waals surface area contributed by atoms with Crippen LogP contribution in [0.15, 0.2) is 18.2 Å². The average molecular weight is 282 g/mol. The maximum Gasteiger partial charge on any atom is 0.215 e. The van der Waals surface area contributed by atoms with Crippen LogP contribution in [0.25, 0.3) is 0 Å². The number of aromatic nitrogens is 1. The second kappa shape index (κ2) is 8.76. The second-order valence-corrected chi connectivity index (χ2v) is 5.54. The fourth-order valence-corrected chi connectivity index (χ4v) is 1.53. The molecule has 0 unspecified atom stereocenters. The van der Waals surface area contributed by atoms with Gasteiger partial charge in [-0.25, -0.2) is 0 Å². The standard InChI is InChI=1S/C15H26N2O3/c1-15(2,3)17-13-7-5-8-14(16-13)20-10-6-9-19-12-11-18-4/h5,7-8H,6,9-12H2,1-4H3,(H,16,17). The Kier molecular flexibility index (Phi) is 7.33. The molecule has 0 aliphatic rings. The van der Waals surface area contributed by atoms with Crippen molar-refractivity contribution in [1.82, 2.24) is 4.98 Å². The summed E-state index contributed by atoms with van der Waals surface area (Å²) in [7, 11) is 1.66. The molecule has 0 radical (unpaired) electrons. The van der Waals surface area contributed by atoms with Gasteiger partial charge in [0.2, 0.25) is 5.88 Å². The highest BCUT2D eigenvalue weighted by Gasteiger charge is 2.10. The van der Waals surface area contributed by atoms with E-state index in [4.69, 9.17) is 14.2 Å². The Morgan fingerprint density at radius 1 is 1.10 bits per heavy atom. The van der Waals surface area contributed by atoms with Crippen molar-refractivity contribution in [3.05, 3.63) is 18.2 Å². The molecule has 0 aromatic carbocycles. The first-order chi connectivity index (χ1) is 9.51. The van der Waals surface area contributed by atoms with Gasteiger partial charge in [0.05, 0.1) is 19.8 Å². The van der Waals surface area contributed by atoms with Crippen molar-refractivity contribution in [3.63, 3.8) is 0 Å². The quantitative estimate of drug-likeness (QED) is 0.706. The predicted molar refractivity (Wildman–Crippen MR) is 80.4 cm³/mol. The van der Waals surface area contributed by atoms with Gasteiger partial charge in [-0.15, -0.1) is 0 Å². The Morgan fingerprint density at radius 2 is 1.90 bits per heavy atom. The van der Waals surface area contributed by atoms with Crippen molar-refractivity contribution in [2.45, 2.75) is 32.7 Å². The molecule has 0 spiro atoms. The van der Waals surface area contributed by atoms with Gasteiger partial charge in [-0.3, -0.25) is 0 Å². The summed E-state index contributed by atoms with van der Waals surface area (Å²) in [5.74, 6) is 1.46. The molecular formula is C15H26N2O3. The van der Waals surface area contributed by atoms with E-state index >= 15 is 0 Å². The summed E-state index contributed by atoms with van der Waals surface area (Å²) in [5.41, 5.74) is -0.0131. The van der Waals surface area contributed by atoms with Crippen molar-refractivity contribution < 1.29 is 14.2 Å². The Balaban J connectivity index is 2.25. The third-order valence-electron chi connectivity index (χ3n) is 2.34. The second-order valence-electron chi connectivity index (χ2n) is 5.54. The first-order valence-corrected chi connectivity index (χ1v) is 6.96. The Morgan fingerprint density at radius 3 is 2.60 bits per heavy atom. The highest BCUT2D eigenvalue weighted by molar-refractivity contribution is 5.39. The summed E-state index contributed by atoms with van der Waals surface area (Å²) in [6.07, 6.45) is 0.836. The van der Waals surface area contributed by atoms with E-state index in [1.165, 1.54) is 0 Å². The average Bonchev–Trinajstić information content (AvgIpc) is 2.36. The van der Waals surface area contributed by atoms with Gasteiger partial charge in [0.1, 0.15) is 5.82 Å². The fourth-order valence-electron chi connectivity index (χ4n) is 1.53. The smallest absolute Gasteiger partial charge is 0.215 e. The Hall–Kier alpha value is -1.33. The molecule has 114 valence electrons. The fraction of sp³-hybridized carbons (Fsp3) is 0.667. The van der Waals surface area contributed by atoms with E-state index in [0.717, 1.165) is 12.2 Å². The first kappa shape index (κ1) is 16.7. The number of nitrogens with zero attached hydrogens (tertiary/aromatic N) is 1. The van der Waals surface area contributed by atoms with Crippen molar-refractivity contribution in [3.8, 4) is 5.88 Å². The Labute approximate surface area is 121 Å². The number of pyridine rings is 1. The highest BCUT2D eigenvalue weighted by atomic mass is 16.5. The molecule has 20 heavy (non-hydrogen) atoms. The van der Waals surface area contributed by atoms with Crippen LogP contribution in [-0.4, -0.2) is 44.1 Å². The summed E-state index contributed by atoms with van der Waals surface area (Å²) in [4.78, 5) is 4.41. The number of hydrogen-bond donors (Lipinski definition) is 1. The minimum Gasteiger partial charge on any atom is -0.478 e. The molecule has 0 bridgehead atoms. The van der Waals surface area contributed by atoms with Crippen LogP contribution in [0.4, 0.5) is 5.82 Å². The SMILES string of the molecule is COCCOCCCOc1cccc(NC(C)(C)C)n1. The van der Waals surface area contributed by atoms with E-state index in [2.05, 4.69) is 31.1 Å². The molecule has 1 N–H and O–H groups in total. The van der Waals surface area contributed by atoms with Gasteiger partial charge in [0.15, 0.2) is 0 Å². The predicted octanol–water partition coefficient (Wildman–Crippen LogP) is 2.72. The van der Waals surface area contributed by atoms with Gasteiger partial charge in [-0.05, 0) is 26.8 Å². The molecule has 1 aromatic rings. The molecule has 0 saturated carbocycles. The zero-order valence-corrected chi connectivity index (χ0v) is 12.9. The van der Waals surface area contributed by atoms with Crippen LogP contribution in [-0.2, 0) is 9.47 Å². The van der Waals surface area contributed by atoms with Gasteiger partial charge in [-0.1, -0.05) is 6.07 Å². The lowest BCUT2D eigenvalue weighted by molar-refractivity contribution is 0.0642. The van der Waals surface area contributed by atoms with Crippen LogP contribution in [0.5, 0.6) is 5.88 Å². The van der Waals surface area contributed by atoms with E-state index in [-0.39, 0.29) is 5.54 Å². The summed E-state index contributed by atoms with van der Waals surface area (Å²) in [6.45, 7) is 8.81. The molecule has 1 heterocycles. The number of methoxy groups -OCH3 is 1. The molecule has 0 aliphatic carbocycles. The monoisotopic (exact) mass is 282 g/mol. The van der Waals surface area contributed by atoms with Gasteiger partial charge >= 0.3 is 0 Å². The third-order valence-corrected chi connectivity index (χ3v) is 2.34. The van der Waals surface area contributed by atoms with Crippen molar-refractivity contribution >= 4 is 5.82 Å². The number of anilines is 1. The molecule has 0 amide bonds. The third kappa shape index (κ3) is 7.96. The lowest BCUT2D eigenvalue weighted by Crippen LogP contribution is -2.26. The van der Waals surface area contributed by atoms with Gasteiger partial charge in [-0.2, -0.15) is 4.98 Å². The number of rotatable bonds is 9. The van der Waals surface area contributed by atoms with E-state index < -0.39 is 0 Å². The summed E-state index contributed by atoms with van der Waals surface area (Å²) < 4.78 is 15.9. The number of hydrogen-bond acceptors (Lipinski definition) is 5. The van der Waals surface area contributed by atoms with Gasteiger partial charge in [0.25, 0.3) is 0 Å². The van der Waals surface area contributed by atoms with E-state index in [1.54, 1.807) is 7.11 Å². The van der Waals surface area contributed by atoms with Crippen molar-refractivity contribution in [2.24, 2.45) is 0 Å². The summed E-state index contributed by atoms with van der Waals surface area (Å²) in [6, 6.07) is 5.73. The van der Waals surface area contributed by atoms with Crippen molar-refractivity contribution in [2.75, 3.05) is 38.9 Å². The normalized spacial score (nSPS) is 11.4. The maximum atomic E-state index is 5.61. The molecule has 0 saturated heterocycles. The molecule has 5 nitrogen and oxygen atoms in total. The lowest BCUT2D eigenvalue weighted by atomic mass is 10.1. The molecule has 1 aromatic heterocycles. The lowest BCUT2D eigenvalue weighted by Gasteiger charge is -2.21. The maximum absolute atomic E-state index is 5.61.